The Morgan fingerprint density at radius 2 is 2.28 bits per heavy atom. The summed E-state index contributed by atoms with van der Waals surface area (Å²) in [6.07, 6.45) is 0.155. The molecule has 0 saturated carbocycles. The summed E-state index contributed by atoms with van der Waals surface area (Å²) in [4.78, 5) is 14.5. The second-order valence-corrected chi connectivity index (χ2v) is 3.64. The smallest absolute Gasteiger partial charge is 0.404 e. The number of pyridine rings is 1. The third-order valence-corrected chi connectivity index (χ3v) is 2.38. The van der Waals surface area contributed by atoms with Gasteiger partial charge in [-0.15, -0.1) is 0 Å². The minimum atomic E-state index is -1.12. The molecule has 2 aromatic heterocycles. The molecule has 1 amide bonds. The first kappa shape index (κ1) is 11.9. The minimum absolute atomic E-state index is 0.0419. The maximum Gasteiger partial charge on any atom is 0.404 e. The molecule has 0 bridgehead atoms. The third kappa shape index (κ3) is 2.40. The number of hydrogen-bond acceptors (Lipinski definition) is 5. The maximum absolute atomic E-state index is 10.5. The quantitative estimate of drug-likeness (QED) is 0.760. The predicted molar refractivity (Wildman–Crippen MR) is 61.0 cm³/mol. The number of aromatic nitrogens is 2. The van der Waals surface area contributed by atoms with E-state index in [2.05, 4.69) is 15.5 Å². The Bertz CT molecular complexity index is 562. The Balaban J connectivity index is 2.33. The Morgan fingerprint density at radius 3 is 2.89 bits per heavy atom. The summed E-state index contributed by atoms with van der Waals surface area (Å²) in [5, 5.41) is 23.8. The Hall–Kier alpha value is -2.57. The zero-order valence-electron chi connectivity index (χ0n) is 9.54. The molecule has 0 saturated heterocycles. The van der Waals surface area contributed by atoms with E-state index in [9.17, 15) is 4.79 Å². The largest absolute Gasteiger partial charge is 0.506 e. The number of carboxylic acid groups (broad SMARTS) is 1. The molecule has 0 aliphatic rings. The first-order valence-electron chi connectivity index (χ1n) is 5.15. The number of aryl methyl sites for hydroxylation is 1. The van der Waals surface area contributed by atoms with Crippen LogP contribution in [0.2, 0.25) is 0 Å². The summed E-state index contributed by atoms with van der Waals surface area (Å²) in [5.41, 5.74) is 1.69. The second-order valence-electron chi connectivity index (χ2n) is 3.64. The number of aromatic hydroxyl groups is 1. The van der Waals surface area contributed by atoms with Gasteiger partial charge in [0, 0.05) is 5.56 Å². The van der Waals surface area contributed by atoms with Crippen molar-refractivity contribution in [3.8, 4) is 17.2 Å². The van der Waals surface area contributed by atoms with E-state index < -0.39 is 6.09 Å². The monoisotopic (exact) mass is 249 g/mol. The lowest BCUT2D eigenvalue weighted by Crippen LogP contribution is -2.20. The van der Waals surface area contributed by atoms with Gasteiger partial charge in [0.2, 0.25) is 0 Å². The van der Waals surface area contributed by atoms with E-state index in [4.69, 9.17) is 14.7 Å². The summed E-state index contributed by atoms with van der Waals surface area (Å²) in [6.45, 7) is 1.80. The highest BCUT2D eigenvalue weighted by Gasteiger charge is 2.16. The average molecular weight is 249 g/mol. The van der Waals surface area contributed by atoms with Crippen molar-refractivity contribution in [2.24, 2.45) is 0 Å². The lowest BCUT2D eigenvalue weighted by atomic mass is 10.1. The van der Waals surface area contributed by atoms with E-state index in [-0.39, 0.29) is 12.3 Å². The Morgan fingerprint density at radius 1 is 1.50 bits per heavy atom. The summed E-state index contributed by atoms with van der Waals surface area (Å²) >= 11 is 0. The van der Waals surface area contributed by atoms with E-state index in [0.29, 0.717) is 22.7 Å². The first-order valence-corrected chi connectivity index (χ1v) is 5.15. The molecular weight excluding hydrogens is 238 g/mol. The van der Waals surface area contributed by atoms with Crippen molar-refractivity contribution in [1.29, 1.82) is 0 Å². The number of rotatable bonds is 3. The highest BCUT2D eigenvalue weighted by atomic mass is 16.5. The van der Waals surface area contributed by atoms with Crippen molar-refractivity contribution in [3.63, 3.8) is 0 Å². The van der Waals surface area contributed by atoms with E-state index in [0.717, 1.165) is 0 Å². The van der Waals surface area contributed by atoms with Gasteiger partial charge in [0.05, 0.1) is 18.4 Å². The fourth-order valence-electron chi connectivity index (χ4n) is 1.48. The van der Waals surface area contributed by atoms with Gasteiger partial charge in [0.1, 0.15) is 11.4 Å². The molecular formula is C11H11N3O4. The number of amides is 1. The SMILES string of the molecule is Cc1noc(-c2ccc(O)cn2)c1CNC(=O)O. The normalized spacial score (nSPS) is 10.3. The van der Waals surface area contributed by atoms with Gasteiger partial charge in [-0.25, -0.2) is 9.78 Å². The summed E-state index contributed by atoms with van der Waals surface area (Å²) < 4.78 is 5.13. The molecule has 0 radical (unpaired) electrons. The molecule has 0 spiro atoms. The lowest BCUT2D eigenvalue weighted by molar-refractivity contribution is 0.194. The van der Waals surface area contributed by atoms with E-state index in [1.807, 2.05) is 0 Å². The molecule has 7 heteroatoms. The molecule has 3 N–H and O–H groups in total. The van der Waals surface area contributed by atoms with Gasteiger partial charge in [0.25, 0.3) is 0 Å². The fraction of sp³-hybridized carbons (Fsp3) is 0.182. The van der Waals surface area contributed by atoms with Gasteiger partial charge in [-0.2, -0.15) is 0 Å². The molecule has 2 rings (SSSR count). The van der Waals surface area contributed by atoms with Crippen LogP contribution in [0.3, 0.4) is 0 Å². The molecule has 0 fully saturated rings. The standard InChI is InChI=1S/C11H11N3O4/c1-6-8(5-13-11(16)17)10(18-14-6)9-3-2-7(15)4-12-9/h2-4,13,15H,5H2,1H3,(H,16,17). The van der Waals surface area contributed by atoms with Gasteiger partial charge in [-0.05, 0) is 19.1 Å². The molecule has 18 heavy (non-hydrogen) atoms. The minimum Gasteiger partial charge on any atom is -0.506 e. The fourth-order valence-corrected chi connectivity index (χ4v) is 1.48. The van der Waals surface area contributed by atoms with E-state index in [1.165, 1.54) is 12.3 Å². The van der Waals surface area contributed by atoms with Gasteiger partial charge < -0.3 is 20.1 Å². The molecule has 0 aliphatic carbocycles. The molecule has 7 nitrogen and oxygen atoms in total. The van der Waals surface area contributed by atoms with Crippen LogP contribution < -0.4 is 5.32 Å². The number of carbonyl (C=O) groups is 1. The molecule has 0 aromatic carbocycles. The van der Waals surface area contributed by atoms with E-state index >= 15 is 0 Å². The van der Waals surface area contributed by atoms with Gasteiger partial charge in [0.15, 0.2) is 5.76 Å². The van der Waals surface area contributed by atoms with Gasteiger partial charge in [-0.1, -0.05) is 5.16 Å². The average Bonchev–Trinajstić information content (AvgIpc) is 2.69. The number of nitrogens with zero attached hydrogens (tertiary/aromatic N) is 2. The van der Waals surface area contributed by atoms with Crippen LogP contribution in [0.4, 0.5) is 4.79 Å². The highest BCUT2D eigenvalue weighted by molar-refractivity contribution is 5.65. The van der Waals surface area contributed by atoms with Crippen molar-refractivity contribution in [2.75, 3.05) is 0 Å². The highest BCUT2D eigenvalue weighted by Crippen LogP contribution is 2.25. The van der Waals surface area contributed by atoms with Crippen LogP contribution in [-0.2, 0) is 6.54 Å². The molecule has 2 aromatic rings. The van der Waals surface area contributed by atoms with Crippen molar-refractivity contribution in [2.45, 2.75) is 13.5 Å². The van der Waals surface area contributed by atoms with Crippen LogP contribution in [0.15, 0.2) is 22.9 Å². The lowest BCUT2D eigenvalue weighted by Gasteiger charge is -2.02. The summed E-state index contributed by atoms with van der Waals surface area (Å²) in [6, 6.07) is 3.04. The zero-order valence-corrected chi connectivity index (χ0v) is 9.54. The van der Waals surface area contributed by atoms with Crippen LogP contribution >= 0.6 is 0 Å². The predicted octanol–water partition coefficient (Wildman–Crippen LogP) is 1.52. The molecule has 0 unspecified atom stereocenters. The second kappa shape index (κ2) is 4.74. The topological polar surface area (TPSA) is 108 Å². The van der Waals surface area contributed by atoms with Crippen LogP contribution in [0, 0.1) is 6.92 Å². The zero-order chi connectivity index (χ0) is 13.1. The van der Waals surface area contributed by atoms with Crippen LogP contribution in [0.1, 0.15) is 11.3 Å². The maximum atomic E-state index is 10.5. The van der Waals surface area contributed by atoms with Crippen molar-refractivity contribution in [3.05, 3.63) is 29.6 Å². The molecule has 94 valence electrons. The van der Waals surface area contributed by atoms with Crippen LogP contribution in [0.25, 0.3) is 11.5 Å². The molecule has 0 aliphatic heterocycles. The van der Waals surface area contributed by atoms with Crippen molar-refractivity contribution >= 4 is 6.09 Å². The first-order chi connectivity index (χ1) is 8.58. The number of hydrogen-bond donors (Lipinski definition) is 3. The van der Waals surface area contributed by atoms with Gasteiger partial charge >= 0.3 is 6.09 Å². The summed E-state index contributed by atoms with van der Waals surface area (Å²) in [7, 11) is 0. The van der Waals surface area contributed by atoms with Crippen molar-refractivity contribution < 1.29 is 19.5 Å². The van der Waals surface area contributed by atoms with Crippen LogP contribution in [-0.4, -0.2) is 26.4 Å². The summed E-state index contributed by atoms with van der Waals surface area (Å²) in [5.74, 6) is 0.432. The number of nitrogens with one attached hydrogen (secondary N) is 1. The van der Waals surface area contributed by atoms with Crippen LogP contribution in [0.5, 0.6) is 5.75 Å². The Kier molecular flexibility index (Phi) is 3.13. The molecule has 0 atom stereocenters. The Labute approximate surface area is 102 Å². The van der Waals surface area contributed by atoms with Crippen molar-refractivity contribution in [1.82, 2.24) is 15.5 Å². The third-order valence-electron chi connectivity index (χ3n) is 2.38. The van der Waals surface area contributed by atoms with E-state index in [1.54, 1.807) is 13.0 Å². The van der Waals surface area contributed by atoms with Gasteiger partial charge in [-0.3, -0.25) is 0 Å². The molecule has 2 heterocycles.